The molecule has 0 amide bonds. The molecular formula is C14H24N2O3. The van der Waals surface area contributed by atoms with E-state index >= 15 is 0 Å². The molecule has 0 bridgehead atoms. The minimum absolute atomic E-state index is 0.340. The second-order valence-electron chi connectivity index (χ2n) is 4.89. The van der Waals surface area contributed by atoms with Gasteiger partial charge in [0.2, 0.25) is 0 Å². The van der Waals surface area contributed by atoms with Crippen LogP contribution in [-0.4, -0.2) is 37.8 Å². The largest absolute Gasteiger partial charge is 0.464 e. The number of H-pyrrole nitrogens is 1. The van der Waals surface area contributed by atoms with Crippen LogP contribution < -0.4 is 5.32 Å². The SMILES string of the molecule is COC(=O)c1ccc(CNCCCOCC(C)C)[nH]1. The molecule has 0 saturated heterocycles. The third kappa shape index (κ3) is 6.40. The maximum Gasteiger partial charge on any atom is 0.354 e. The van der Waals surface area contributed by atoms with Gasteiger partial charge in [-0.3, -0.25) is 0 Å². The number of hydrogen-bond acceptors (Lipinski definition) is 4. The summed E-state index contributed by atoms with van der Waals surface area (Å²) in [5.41, 5.74) is 1.46. The van der Waals surface area contributed by atoms with Crippen molar-refractivity contribution in [3.8, 4) is 0 Å². The molecule has 0 aliphatic carbocycles. The molecule has 0 radical (unpaired) electrons. The summed E-state index contributed by atoms with van der Waals surface area (Å²) in [6.07, 6.45) is 0.983. The van der Waals surface area contributed by atoms with Crippen LogP contribution in [0.25, 0.3) is 0 Å². The summed E-state index contributed by atoms with van der Waals surface area (Å²) in [6, 6.07) is 3.61. The zero-order valence-electron chi connectivity index (χ0n) is 12.0. The van der Waals surface area contributed by atoms with E-state index < -0.39 is 0 Å². The standard InChI is InChI=1S/C14H24N2O3/c1-11(2)10-19-8-4-7-15-9-12-5-6-13(16-12)14(17)18-3/h5-6,11,15-16H,4,7-10H2,1-3H3. The van der Waals surface area contributed by atoms with Gasteiger partial charge in [-0.1, -0.05) is 13.8 Å². The first kappa shape index (κ1) is 15.7. The Labute approximate surface area is 114 Å². The van der Waals surface area contributed by atoms with Gasteiger partial charge in [0, 0.05) is 25.5 Å². The summed E-state index contributed by atoms with van der Waals surface area (Å²) < 4.78 is 10.1. The Bertz CT molecular complexity index is 375. The fourth-order valence-corrected chi connectivity index (χ4v) is 1.61. The number of nitrogens with one attached hydrogen (secondary N) is 2. The Morgan fingerprint density at radius 3 is 2.89 bits per heavy atom. The number of hydrogen-bond donors (Lipinski definition) is 2. The van der Waals surface area contributed by atoms with E-state index in [2.05, 4.69) is 28.9 Å². The molecule has 1 aromatic rings. The van der Waals surface area contributed by atoms with E-state index in [0.717, 1.165) is 31.9 Å². The van der Waals surface area contributed by atoms with Crippen LogP contribution in [0.4, 0.5) is 0 Å². The third-order valence-electron chi connectivity index (χ3n) is 2.56. The van der Waals surface area contributed by atoms with E-state index in [1.807, 2.05) is 6.07 Å². The normalized spacial score (nSPS) is 10.9. The summed E-state index contributed by atoms with van der Waals surface area (Å²) in [6.45, 7) is 7.49. The number of aromatic amines is 1. The van der Waals surface area contributed by atoms with Crippen molar-refractivity contribution >= 4 is 5.97 Å². The highest BCUT2D eigenvalue weighted by atomic mass is 16.5. The second kappa shape index (κ2) is 8.72. The Morgan fingerprint density at radius 1 is 1.42 bits per heavy atom. The molecule has 0 unspecified atom stereocenters. The fourth-order valence-electron chi connectivity index (χ4n) is 1.61. The molecule has 2 N–H and O–H groups in total. The molecule has 1 heterocycles. The van der Waals surface area contributed by atoms with Crippen LogP contribution in [0, 0.1) is 5.92 Å². The lowest BCUT2D eigenvalue weighted by molar-refractivity contribution is 0.0594. The van der Waals surface area contributed by atoms with Gasteiger partial charge in [0.1, 0.15) is 5.69 Å². The molecular weight excluding hydrogens is 244 g/mol. The van der Waals surface area contributed by atoms with Gasteiger partial charge in [0.15, 0.2) is 0 Å². The van der Waals surface area contributed by atoms with Crippen molar-refractivity contribution in [3.63, 3.8) is 0 Å². The van der Waals surface area contributed by atoms with Gasteiger partial charge >= 0.3 is 5.97 Å². The molecule has 1 aromatic heterocycles. The van der Waals surface area contributed by atoms with Crippen LogP contribution >= 0.6 is 0 Å². The van der Waals surface area contributed by atoms with Crippen molar-refractivity contribution in [2.75, 3.05) is 26.9 Å². The lowest BCUT2D eigenvalue weighted by Crippen LogP contribution is -2.17. The first-order chi connectivity index (χ1) is 9.13. The summed E-state index contributed by atoms with van der Waals surface area (Å²) >= 11 is 0. The monoisotopic (exact) mass is 268 g/mol. The van der Waals surface area contributed by atoms with Crippen LogP contribution in [0.3, 0.4) is 0 Å². The van der Waals surface area contributed by atoms with Gasteiger partial charge in [-0.15, -0.1) is 0 Å². The summed E-state index contributed by atoms with van der Waals surface area (Å²) in [5.74, 6) is 0.247. The molecule has 0 aliphatic heterocycles. The number of aromatic nitrogens is 1. The quantitative estimate of drug-likeness (QED) is 0.531. The topological polar surface area (TPSA) is 63.4 Å². The average molecular weight is 268 g/mol. The molecule has 5 heteroatoms. The Morgan fingerprint density at radius 2 is 2.21 bits per heavy atom. The van der Waals surface area contributed by atoms with Gasteiger partial charge < -0.3 is 19.8 Å². The van der Waals surface area contributed by atoms with Crippen LogP contribution in [0.1, 0.15) is 36.5 Å². The summed E-state index contributed by atoms with van der Waals surface area (Å²) in [7, 11) is 1.37. The van der Waals surface area contributed by atoms with Crippen LogP contribution in [0.15, 0.2) is 12.1 Å². The molecule has 0 saturated carbocycles. The van der Waals surface area contributed by atoms with Gasteiger partial charge in [0.25, 0.3) is 0 Å². The number of methoxy groups -OCH3 is 1. The van der Waals surface area contributed by atoms with Gasteiger partial charge in [-0.2, -0.15) is 0 Å². The van der Waals surface area contributed by atoms with Gasteiger partial charge in [0.05, 0.1) is 7.11 Å². The molecule has 19 heavy (non-hydrogen) atoms. The van der Waals surface area contributed by atoms with E-state index in [1.54, 1.807) is 6.07 Å². The Kier molecular flexibility index (Phi) is 7.22. The lowest BCUT2D eigenvalue weighted by Gasteiger charge is -2.07. The van der Waals surface area contributed by atoms with Crippen LogP contribution in [0.5, 0.6) is 0 Å². The summed E-state index contributed by atoms with van der Waals surface area (Å²) in [4.78, 5) is 14.3. The smallest absolute Gasteiger partial charge is 0.354 e. The van der Waals surface area contributed by atoms with E-state index in [1.165, 1.54) is 7.11 Å². The molecule has 0 spiro atoms. The predicted molar refractivity (Wildman–Crippen MR) is 74.1 cm³/mol. The molecule has 0 atom stereocenters. The summed E-state index contributed by atoms with van der Waals surface area (Å²) in [5, 5.41) is 3.30. The van der Waals surface area contributed by atoms with Crippen molar-refractivity contribution in [3.05, 3.63) is 23.5 Å². The molecule has 5 nitrogen and oxygen atoms in total. The van der Waals surface area contributed by atoms with E-state index in [9.17, 15) is 4.79 Å². The average Bonchev–Trinajstić information content (AvgIpc) is 2.85. The van der Waals surface area contributed by atoms with Crippen LogP contribution in [0.2, 0.25) is 0 Å². The maximum absolute atomic E-state index is 11.2. The molecule has 0 aromatic carbocycles. The predicted octanol–water partition coefficient (Wildman–Crippen LogP) is 1.95. The van der Waals surface area contributed by atoms with Gasteiger partial charge in [-0.05, 0) is 31.0 Å². The number of carbonyl (C=O) groups is 1. The second-order valence-corrected chi connectivity index (χ2v) is 4.89. The molecule has 1 rings (SSSR count). The van der Waals surface area contributed by atoms with Gasteiger partial charge in [-0.25, -0.2) is 4.79 Å². The highest BCUT2D eigenvalue weighted by molar-refractivity contribution is 5.87. The van der Waals surface area contributed by atoms with Crippen molar-refractivity contribution in [1.29, 1.82) is 0 Å². The number of ether oxygens (including phenoxy) is 2. The number of esters is 1. The first-order valence-corrected chi connectivity index (χ1v) is 6.68. The van der Waals surface area contributed by atoms with Crippen molar-refractivity contribution in [1.82, 2.24) is 10.3 Å². The minimum atomic E-state index is -0.340. The van der Waals surface area contributed by atoms with E-state index in [-0.39, 0.29) is 5.97 Å². The maximum atomic E-state index is 11.2. The van der Waals surface area contributed by atoms with Crippen molar-refractivity contribution in [2.45, 2.75) is 26.8 Å². The fraction of sp³-hybridized carbons (Fsp3) is 0.643. The lowest BCUT2D eigenvalue weighted by atomic mass is 10.2. The van der Waals surface area contributed by atoms with Crippen LogP contribution in [-0.2, 0) is 16.0 Å². The number of carbonyl (C=O) groups excluding carboxylic acids is 1. The molecule has 108 valence electrons. The number of rotatable bonds is 9. The first-order valence-electron chi connectivity index (χ1n) is 6.68. The van der Waals surface area contributed by atoms with E-state index in [0.29, 0.717) is 18.2 Å². The van der Waals surface area contributed by atoms with E-state index in [4.69, 9.17) is 4.74 Å². The van der Waals surface area contributed by atoms with Crippen molar-refractivity contribution < 1.29 is 14.3 Å². The zero-order valence-corrected chi connectivity index (χ0v) is 12.0. The highest BCUT2D eigenvalue weighted by Gasteiger charge is 2.07. The van der Waals surface area contributed by atoms with Crippen molar-refractivity contribution in [2.24, 2.45) is 5.92 Å². The zero-order chi connectivity index (χ0) is 14.1. The minimum Gasteiger partial charge on any atom is -0.464 e. The third-order valence-corrected chi connectivity index (χ3v) is 2.56. The molecule has 0 fully saturated rings. The molecule has 0 aliphatic rings. The Balaban J connectivity index is 2.09. The highest BCUT2D eigenvalue weighted by Crippen LogP contribution is 2.03. The Hall–Kier alpha value is -1.33.